The second kappa shape index (κ2) is 6.09. The van der Waals surface area contributed by atoms with Crippen LogP contribution in [-0.2, 0) is 16.4 Å². The summed E-state index contributed by atoms with van der Waals surface area (Å²) < 4.78 is 38.4. The van der Waals surface area contributed by atoms with Gasteiger partial charge in [-0.1, -0.05) is 12.1 Å². The molecule has 96 valence electrons. The lowest BCUT2D eigenvalue weighted by molar-refractivity contribution is 0.569. The molecule has 0 saturated carbocycles. The molecule has 1 unspecified atom stereocenters. The summed E-state index contributed by atoms with van der Waals surface area (Å²) in [6.45, 7) is 1.87. The van der Waals surface area contributed by atoms with Crippen molar-refractivity contribution in [1.29, 1.82) is 0 Å². The van der Waals surface area contributed by atoms with Crippen molar-refractivity contribution >= 4 is 10.0 Å². The molecule has 0 aromatic heterocycles. The highest BCUT2D eigenvalue weighted by Crippen LogP contribution is 2.04. The largest absolute Gasteiger partial charge is 0.329 e. The molecular formula is C11H17FN2O2S. The quantitative estimate of drug-likeness (QED) is 0.788. The molecular weight excluding hydrogens is 243 g/mol. The fourth-order valence-electron chi connectivity index (χ4n) is 1.30. The third kappa shape index (κ3) is 4.41. The molecule has 0 aliphatic rings. The zero-order valence-electron chi connectivity index (χ0n) is 9.69. The molecule has 0 radical (unpaired) electrons. The van der Waals surface area contributed by atoms with Crippen LogP contribution in [0.15, 0.2) is 24.3 Å². The Bertz CT molecular complexity index is 462. The molecule has 1 aromatic rings. The van der Waals surface area contributed by atoms with E-state index < -0.39 is 15.3 Å². The molecule has 1 aromatic carbocycles. The van der Waals surface area contributed by atoms with Crippen LogP contribution in [0.4, 0.5) is 4.39 Å². The summed E-state index contributed by atoms with van der Waals surface area (Å²) in [5, 5.41) is -0.616. The third-order valence-electron chi connectivity index (χ3n) is 2.47. The van der Waals surface area contributed by atoms with Gasteiger partial charge in [-0.3, -0.25) is 0 Å². The smallest absolute Gasteiger partial charge is 0.215 e. The number of hydrogen-bond acceptors (Lipinski definition) is 3. The van der Waals surface area contributed by atoms with Crippen LogP contribution in [0, 0.1) is 5.82 Å². The van der Waals surface area contributed by atoms with Gasteiger partial charge in [0, 0.05) is 13.1 Å². The molecule has 0 heterocycles. The van der Waals surface area contributed by atoms with E-state index in [0.717, 1.165) is 5.56 Å². The van der Waals surface area contributed by atoms with Crippen LogP contribution in [0.5, 0.6) is 0 Å². The number of nitrogens with two attached hydrogens (primary N) is 1. The van der Waals surface area contributed by atoms with Crippen molar-refractivity contribution in [2.45, 2.75) is 18.6 Å². The van der Waals surface area contributed by atoms with E-state index >= 15 is 0 Å². The first-order chi connectivity index (χ1) is 7.95. The Balaban J connectivity index is 2.48. The summed E-state index contributed by atoms with van der Waals surface area (Å²) in [6.07, 6.45) is 0.453. The van der Waals surface area contributed by atoms with Crippen LogP contribution < -0.4 is 10.5 Å². The second-order valence-corrected chi connectivity index (χ2v) is 6.05. The highest BCUT2D eigenvalue weighted by Gasteiger charge is 2.17. The van der Waals surface area contributed by atoms with Crippen LogP contribution in [-0.4, -0.2) is 26.8 Å². The van der Waals surface area contributed by atoms with Crippen molar-refractivity contribution in [3.8, 4) is 0 Å². The molecule has 0 saturated heterocycles. The molecule has 1 atom stereocenters. The summed E-state index contributed by atoms with van der Waals surface area (Å²) >= 11 is 0. The highest BCUT2D eigenvalue weighted by molar-refractivity contribution is 7.90. The van der Waals surface area contributed by atoms with Crippen molar-refractivity contribution in [3.63, 3.8) is 0 Å². The van der Waals surface area contributed by atoms with Gasteiger partial charge in [-0.15, -0.1) is 0 Å². The fraction of sp³-hybridized carbons (Fsp3) is 0.455. The van der Waals surface area contributed by atoms with Gasteiger partial charge >= 0.3 is 0 Å². The number of sulfonamides is 1. The molecule has 4 nitrogen and oxygen atoms in total. The summed E-state index contributed by atoms with van der Waals surface area (Å²) in [7, 11) is -3.36. The number of nitrogens with one attached hydrogen (secondary N) is 1. The van der Waals surface area contributed by atoms with Crippen molar-refractivity contribution in [2.24, 2.45) is 5.73 Å². The normalized spacial score (nSPS) is 13.6. The van der Waals surface area contributed by atoms with E-state index in [1.807, 2.05) is 0 Å². The van der Waals surface area contributed by atoms with E-state index in [1.165, 1.54) is 12.1 Å². The van der Waals surface area contributed by atoms with Gasteiger partial charge in [0.15, 0.2) is 0 Å². The topological polar surface area (TPSA) is 72.2 Å². The van der Waals surface area contributed by atoms with Crippen molar-refractivity contribution in [3.05, 3.63) is 35.6 Å². The number of hydrogen-bond donors (Lipinski definition) is 2. The minimum atomic E-state index is -3.36. The van der Waals surface area contributed by atoms with Gasteiger partial charge in [0.25, 0.3) is 0 Å². The summed E-state index contributed by atoms with van der Waals surface area (Å²) in [5.74, 6) is -0.319. The van der Waals surface area contributed by atoms with E-state index in [-0.39, 0.29) is 18.9 Å². The number of rotatable bonds is 6. The third-order valence-corrected chi connectivity index (χ3v) is 4.33. The molecule has 0 aliphatic carbocycles. The van der Waals surface area contributed by atoms with Crippen molar-refractivity contribution in [1.82, 2.24) is 4.72 Å². The maximum absolute atomic E-state index is 12.9. The van der Waals surface area contributed by atoms with Gasteiger partial charge in [0.05, 0.1) is 5.25 Å². The van der Waals surface area contributed by atoms with E-state index in [2.05, 4.69) is 4.72 Å². The fourth-order valence-corrected chi connectivity index (χ4v) is 2.22. The Kier molecular flexibility index (Phi) is 5.04. The van der Waals surface area contributed by atoms with Gasteiger partial charge in [0.2, 0.25) is 10.0 Å². The van der Waals surface area contributed by atoms with E-state index in [0.29, 0.717) is 6.42 Å². The Morgan fingerprint density at radius 3 is 2.76 bits per heavy atom. The first-order valence-corrected chi connectivity index (χ1v) is 6.93. The molecule has 0 bridgehead atoms. The molecule has 0 amide bonds. The average molecular weight is 260 g/mol. The number of halogens is 1. The second-order valence-electron chi connectivity index (χ2n) is 3.87. The SMILES string of the molecule is CC(CN)S(=O)(=O)NCCc1cccc(F)c1. The van der Waals surface area contributed by atoms with Crippen molar-refractivity contribution < 1.29 is 12.8 Å². The molecule has 17 heavy (non-hydrogen) atoms. The lowest BCUT2D eigenvalue weighted by Gasteiger charge is -2.11. The Hall–Kier alpha value is -0.980. The summed E-state index contributed by atoms with van der Waals surface area (Å²) in [6, 6.07) is 6.09. The predicted molar refractivity (Wildman–Crippen MR) is 65.5 cm³/mol. The van der Waals surface area contributed by atoms with Crippen LogP contribution in [0.2, 0.25) is 0 Å². The zero-order chi connectivity index (χ0) is 12.9. The highest BCUT2D eigenvalue weighted by atomic mass is 32.2. The monoisotopic (exact) mass is 260 g/mol. The standard InChI is InChI=1S/C11H17FN2O2S/c1-9(8-13)17(15,16)14-6-5-10-3-2-4-11(12)7-10/h2-4,7,9,14H,5-6,8,13H2,1H3. The van der Waals surface area contributed by atoms with Gasteiger partial charge in [-0.05, 0) is 31.0 Å². The molecule has 3 N–H and O–H groups in total. The average Bonchev–Trinajstić information content (AvgIpc) is 2.27. The first kappa shape index (κ1) is 14.1. The minimum Gasteiger partial charge on any atom is -0.329 e. The summed E-state index contributed by atoms with van der Waals surface area (Å²) in [4.78, 5) is 0. The molecule has 6 heteroatoms. The van der Waals surface area contributed by atoms with Crippen LogP contribution in [0.3, 0.4) is 0 Å². The minimum absolute atomic E-state index is 0.0787. The molecule has 1 rings (SSSR count). The Labute approximate surface area is 101 Å². The van der Waals surface area contributed by atoms with Crippen LogP contribution in [0.25, 0.3) is 0 Å². The van der Waals surface area contributed by atoms with Crippen molar-refractivity contribution in [2.75, 3.05) is 13.1 Å². The van der Waals surface area contributed by atoms with E-state index in [9.17, 15) is 12.8 Å². The lowest BCUT2D eigenvalue weighted by Crippen LogP contribution is -2.37. The van der Waals surface area contributed by atoms with Gasteiger partial charge < -0.3 is 5.73 Å². The molecule has 0 aliphatic heterocycles. The van der Waals surface area contributed by atoms with E-state index in [1.54, 1.807) is 19.1 Å². The van der Waals surface area contributed by atoms with Crippen LogP contribution >= 0.6 is 0 Å². The Morgan fingerprint density at radius 2 is 2.18 bits per heavy atom. The first-order valence-electron chi connectivity index (χ1n) is 5.38. The number of benzene rings is 1. The lowest BCUT2D eigenvalue weighted by atomic mass is 10.1. The molecule has 0 fully saturated rings. The van der Waals surface area contributed by atoms with E-state index in [4.69, 9.17) is 5.73 Å². The van der Waals surface area contributed by atoms with Gasteiger partial charge in [0.1, 0.15) is 5.82 Å². The maximum Gasteiger partial charge on any atom is 0.215 e. The van der Waals surface area contributed by atoms with Crippen LogP contribution in [0.1, 0.15) is 12.5 Å². The summed E-state index contributed by atoms with van der Waals surface area (Å²) in [5.41, 5.74) is 6.05. The zero-order valence-corrected chi connectivity index (χ0v) is 10.5. The van der Waals surface area contributed by atoms with Gasteiger partial charge in [-0.25, -0.2) is 17.5 Å². The predicted octanol–water partition coefficient (Wildman–Crippen LogP) is 0.635. The molecule has 0 spiro atoms. The van der Waals surface area contributed by atoms with Gasteiger partial charge in [-0.2, -0.15) is 0 Å². The Morgan fingerprint density at radius 1 is 1.47 bits per heavy atom. The maximum atomic E-state index is 12.9.